The summed E-state index contributed by atoms with van der Waals surface area (Å²) in [6.07, 6.45) is 4.59. The molecule has 0 fully saturated rings. The summed E-state index contributed by atoms with van der Waals surface area (Å²) in [6, 6.07) is 4.11. The van der Waals surface area contributed by atoms with Gasteiger partial charge >= 0.3 is 0 Å². The van der Waals surface area contributed by atoms with Crippen LogP contribution in [0.1, 0.15) is 21.6 Å². The topological polar surface area (TPSA) is 81.5 Å². The van der Waals surface area contributed by atoms with Gasteiger partial charge in [-0.3, -0.25) is 14.4 Å². The van der Waals surface area contributed by atoms with Gasteiger partial charge in [0.2, 0.25) is 0 Å². The smallest absolute Gasteiger partial charge is 0.270 e. The average Bonchev–Trinajstić information content (AvgIpc) is 3.41. The van der Waals surface area contributed by atoms with Crippen molar-refractivity contribution in [2.24, 2.45) is 7.05 Å². The van der Waals surface area contributed by atoms with Crippen LogP contribution in [0.2, 0.25) is 0 Å². The number of benzene rings is 1. The maximum absolute atomic E-state index is 12.5. The van der Waals surface area contributed by atoms with Gasteiger partial charge in [-0.1, -0.05) is 0 Å². The summed E-state index contributed by atoms with van der Waals surface area (Å²) in [5.41, 5.74) is 3.89. The predicted molar refractivity (Wildman–Crippen MR) is 115 cm³/mol. The number of aryl methyl sites for hydroxylation is 1. The quantitative estimate of drug-likeness (QED) is 0.623. The van der Waals surface area contributed by atoms with E-state index in [0.29, 0.717) is 12.2 Å². The Morgan fingerprint density at radius 1 is 1.23 bits per heavy atom. The lowest BCUT2D eigenvalue weighted by Crippen LogP contribution is -2.38. The highest BCUT2D eigenvalue weighted by Gasteiger charge is 2.20. The van der Waals surface area contributed by atoms with Crippen LogP contribution >= 0.6 is 11.3 Å². The zero-order chi connectivity index (χ0) is 21.1. The molecule has 2 aromatic heterocycles. The molecule has 158 valence electrons. The number of hydrogen-bond donors (Lipinski definition) is 1. The lowest BCUT2D eigenvalue weighted by atomic mass is 9.99. The number of ether oxygens (including phenoxy) is 2. The van der Waals surface area contributed by atoms with Crippen LogP contribution < -0.4 is 14.8 Å². The maximum Gasteiger partial charge on any atom is 0.270 e. The molecule has 0 bridgehead atoms. The van der Waals surface area contributed by atoms with Crippen molar-refractivity contribution < 1.29 is 14.3 Å². The number of carbonyl (C=O) groups is 1. The Morgan fingerprint density at radius 2 is 2.00 bits per heavy atom. The first kappa shape index (κ1) is 20.4. The molecule has 1 aliphatic heterocycles. The molecular weight excluding hydrogens is 402 g/mol. The van der Waals surface area contributed by atoms with E-state index in [1.54, 1.807) is 30.5 Å². The summed E-state index contributed by atoms with van der Waals surface area (Å²) >= 11 is 1.45. The number of methoxy groups -OCH3 is 2. The van der Waals surface area contributed by atoms with Crippen LogP contribution in [0.4, 0.5) is 0 Å². The first-order valence-electron chi connectivity index (χ1n) is 9.76. The fraction of sp³-hybridized carbons (Fsp3) is 0.381. The van der Waals surface area contributed by atoms with E-state index in [1.165, 1.54) is 22.5 Å². The molecule has 0 saturated carbocycles. The van der Waals surface area contributed by atoms with Crippen molar-refractivity contribution in [2.75, 3.05) is 33.9 Å². The zero-order valence-electron chi connectivity index (χ0n) is 17.3. The molecule has 3 heterocycles. The largest absolute Gasteiger partial charge is 0.493 e. The van der Waals surface area contributed by atoms with Crippen molar-refractivity contribution in [1.29, 1.82) is 0 Å². The van der Waals surface area contributed by atoms with E-state index in [0.717, 1.165) is 48.1 Å². The number of thiazole rings is 1. The SMILES string of the molecule is COc1cc2c(cc1OC)CN(CCNC(=O)c1csc(-c3cnn(C)c3)n1)CC2. The zero-order valence-corrected chi connectivity index (χ0v) is 18.2. The van der Waals surface area contributed by atoms with Gasteiger partial charge < -0.3 is 14.8 Å². The molecule has 1 aromatic carbocycles. The predicted octanol–water partition coefficient (Wildman–Crippen LogP) is 2.35. The van der Waals surface area contributed by atoms with E-state index in [1.807, 2.05) is 19.3 Å². The Labute approximate surface area is 179 Å². The fourth-order valence-electron chi connectivity index (χ4n) is 3.59. The summed E-state index contributed by atoms with van der Waals surface area (Å²) < 4.78 is 12.5. The van der Waals surface area contributed by atoms with Crippen LogP contribution in [0.5, 0.6) is 11.5 Å². The Hall–Kier alpha value is -2.91. The molecule has 0 unspecified atom stereocenters. The molecular formula is C21H25N5O3S. The number of rotatable bonds is 7. The first-order chi connectivity index (χ1) is 14.6. The summed E-state index contributed by atoms with van der Waals surface area (Å²) in [6.45, 7) is 3.12. The Bertz CT molecular complexity index is 1050. The summed E-state index contributed by atoms with van der Waals surface area (Å²) in [5.74, 6) is 1.37. The number of nitrogens with one attached hydrogen (secondary N) is 1. The third-order valence-electron chi connectivity index (χ3n) is 5.20. The van der Waals surface area contributed by atoms with Gasteiger partial charge in [0.15, 0.2) is 11.5 Å². The molecule has 4 rings (SSSR count). The van der Waals surface area contributed by atoms with Crippen LogP contribution in [-0.4, -0.2) is 59.4 Å². The molecule has 1 aliphatic rings. The van der Waals surface area contributed by atoms with E-state index in [4.69, 9.17) is 9.47 Å². The van der Waals surface area contributed by atoms with Crippen LogP contribution in [0, 0.1) is 0 Å². The van der Waals surface area contributed by atoms with Crippen molar-refractivity contribution in [3.8, 4) is 22.1 Å². The number of nitrogens with zero attached hydrogens (tertiary/aromatic N) is 4. The van der Waals surface area contributed by atoms with Crippen molar-refractivity contribution in [3.63, 3.8) is 0 Å². The van der Waals surface area contributed by atoms with E-state index < -0.39 is 0 Å². The van der Waals surface area contributed by atoms with Gasteiger partial charge in [0.1, 0.15) is 10.7 Å². The molecule has 3 aromatic rings. The molecule has 0 saturated heterocycles. The van der Waals surface area contributed by atoms with Crippen LogP contribution in [0.3, 0.4) is 0 Å². The second-order valence-electron chi connectivity index (χ2n) is 7.20. The maximum atomic E-state index is 12.5. The first-order valence-corrected chi connectivity index (χ1v) is 10.6. The highest BCUT2D eigenvalue weighted by molar-refractivity contribution is 7.13. The van der Waals surface area contributed by atoms with E-state index in [-0.39, 0.29) is 5.91 Å². The van der Waals surface area contributed by atoms with Crippen molar-refractivity contribution in [1.82, 2.24) is 25.0 Å². The molecule has 0 aliphatic carbocycles. The lowest BCUT2D eigenvalue weighted by molar-refractivity contribution is 0.0943. The van der Waals surface area contributed by atoms with Crippen molar-refractivity contribution in [3.05, 3.63) is 46.7 Å². The lowest BCUT2D eigenvalue weighted by Gasteiger charge is -2.29. The van der Waals surface area contributed by atoms with Gasteiger partial charge in [-0.2, -0.15) is 5.10 Å². The molecule has 1 amide bonds. The molecule has 30 heavy (non-hydrogen) atoms. The number of carbonyl (C=O) groups excluding carboxylic acids is 1. The van der Waals surface area contributed by atoms with E-state index in [2.05, 4.69) is 26.4 Å². The summed E-state index contributed by atoms with van der Waals surface area (Å²) in [7, 11) is 5.17. The Balaban J connectivity index is 1.31. The highest BCUT2D eigenvalue weighted by atomic mass is 32.1. The minimum absolute atomic E-state index is 0.148. The average molecular weight is 428 g/mol. The van der Waals surface area contributed by atoms with Crippen LogP contribution in [0.15, 0.2) is 29.9 Å². The third kappa shape index (κ3) is 4.31. The van der Waals surface area contributed by atoms with Gasteiger partial charge in [0.05, 0.1) is 20.4 Å². The minimum atomic E-state index is -0.148. The Kier molecular flexibility index (Phi) is 6.01. The van der Waals surface area contributed by atoms with E-state index >= 15 is 0 Å². The highest BCUT2D eigenvalue weighted by Crippen LogP contribution is 2.33. The van der Waals surface area contributed by atoms with Crippen molar-refractivity contribution >= 4 is 17.2 Å². The summed E-state index contributed by atoms with van der Waals surface area (Å²) in [5, 5.41) is 9.71. The Morgan fingerprint density at radius 3 is 2.70 bits per heavy atom. The molecule has 0 spiro atoms. The second-order valence-corrected chi connectivity index (χ2v) is 8.06. The van der Waals surface area contributed by atoms with Crippen LogP contribution in [0.25, 0.3) is 10.6 Å². The molecule has 1 N–H and O–H groups in total. The standard InChI is InChI=1S/C21H25N5O3S/c1-25-11-16(10-23-25)21-24-17(13-30-21)20(27)22-5-7-26-6-4-14-8-18(28-2)19(29-3)9-15(14)12-26/h8-11,13H,4-7,12H2,1-3H3,(H,22,27). The number of fused-ring (bicyclic) bond motifs is 1. The molecule has 0 radical (unpaired) electrons. The van der Waals surface area contributed by atoms with Gasteiger partial charge in [-0.25, -0.2) is 4.98 Å². The molecule has 0 atom stereocenters. The van der Waals surface area contributed by atoms with Gasteiger partial charge in [-0.05, 0) is 29.7 Å². The van der Waals surface area contributed by atoms with Crippen molar-refractivity contribution in [2.45, 2.75) is 13.0 Å². The normalized spacial score (nSPS) is 13.7. The molecule has 9 heteroatoms. The van der Waals surface area contributed by atoms with Gasteiger partial charge in [0.25, 0.3) is 5.91 Å². The fourth-order valence-corrected chi connectivity index (χ4v) is 4.37. The number of hydrogen-bond acceptors (Lipinski definition) is 7. The number of amides is 1. The van der Waals surface area contributed by atoms with E-state index in [9.17, 15) is 4.79 Å². The number of aromatic nitrogens is 3. The second kappa shape index (κ2) is 8.85. The van der Waals surface area contributed by atoms with Gasteiger partial charge in [-0.15, -0.1) is 11.3 Å². The van der Waals surface area contributed by atoms with Crippen LogP contribution in [-0.2, 0) is 20.0 Å². The monoisotopic (exact) mass is 427 g/mol. The van der Waals surface area contributed by atoms with Gasteiger partial charge in [0, 0.05) is 50.4 Å². The third-order valence-corrected chi connectivity index (χ3v) is 6.09. The summed E-state index contributed by atoms with van der Waals surface area (Å²) in [4.78, 5) is 19.2. The minimum Gasteiger partial charge on any atom is -0.493 e. The molecule has 8 nitrogen and oxygen atoms in total.